The minimum Gasteiger partial charge on any atom is -0.469 e. The molecule has 82 valence electrons. The third-order valence-corrected chi connectivity index (χ3v) is 4.46. The van der Waals surface area contributed by atoms with Crippen molar-refractivity contribution < 1.29 is 4.42 Å². The number of fused-ring (bicyclic) bond motifs is 1. The molecule has 2 heteroatoms. The van der Waals surface area contributed by atoms with Gasteiger partial charge in [-0.3, -0.25) is 0 Å². The zero-order valence-electron chi connectivity index (χ0n) is 9.33. The summed E-state index contributed by atoms with van der Waals surface area (Å²) >= 11 is 0. The summed E-state index contributed by atoms with van der Waals surface area (Å²) in [7, 11) is 0. The number of hydrogen-bond donors (Lipinski definition) is 1. The first kappa shape index (κ1) is 9.46. The molecule has 0 amide bonds. The highest BCUT2D eigenvalue weighted by Gasteiger charge is 2.53. The number of hydrogen-bond acceptors (Lipinski definition) is 2. The Labute approximate surface area is 90.8 Å². The quantitative estimate of drug-likeness (QED) is 0.806. The summed E-state index contributed by atoms with van der Waals surface area (Å²) in [6.07, 6.45) is 7.08. The highest BCUT2D eigenvalue weighted by Crippen LogP contribution is 2.64. The molecule has 1 heterocycles. The van der Waals surface area contributed by atoms with E-state index in [1.807, 2.05) is 6.26 Å². The first-order valence-electron chi connectivity index (χ1n) is 6.03. The van der Waals surface area contributed by atoms with E-state index in [0.29, 0.717) is 17.3 Å². The highest BCUT2D eigenvalue weighted by molar-refractivity contribution is 5.32. The van der Waals surface area contributed by atoms with E-state index in [0.717, 1.165) is 13.0 Å². The predicted molar refractivity (Wildman–Crippen MR) is 59.7 cm³/mol. The first-order valence-corrected chi connectivity index (χ1v) is 6.03. The molecule has 0 radical (unpaired) electrons. The molecule has 2 atom stereocenters. The minimum absolute atomic E-state index is 0.587. The summed E-state index contributed by atoms with van der Waals surface area (Å²) in [6.45, 7) is 3.07. The minimum atomic E-state index is 0.587. The lowest BCUT2D eigenvalue weighted by atomic mass is 9.69. The Kier molecular flexibility index (Phi) is 1.96. The fourth-order valence-electron chi connectivity index (χ4n) is 3.45. The van der Waals surface area contributed by atoms with Gasteiger partial charge < -0.3 is 10.2 Å². The van der Waals surface area contributed by atoms with Crippen molar-refractivity contribution in [2.75, 3.05) is 6.54 Å². The van der Waals surface area contributed by atoms with Gasteiger partial charge in [-0.15, -0.1) is 0 Å². The topological polar surface area (TPSA) is 39.2 Å². The molecule has 2 aliphatic rings. The van der Waals surface area contributed by atoms with Crippen molar-refractivity contribution in [3.05, 3.63) is 23.7 Å². The molecule has 15 heavy (non-hydrogen) atoms. The highest BCUT2D eigenvalue weighted by atomic mass is 16.3. The molecule has 1 aromatic heterocycles. The van der Waals surface area contributed by atoms with E-state index in [2.05, 4.69) is 13.0 Å². The van der Waals surface area contributed by atoms with E-state index in [1.165, 1.54) is 30.6 Å². The predicted octanol–water partition coefficient (Wildman–Crippen LogP) is 2.68. The molecule has 2 N–H and O–H groups in total. The van der Waals surface area contributed by atoms with E-state index < -0.39 is 0 Å². The molecule has 1 saturated carbocycles. The summed E-state index contributed by atoms with van der Waals surface area (Å²) in [5.74, 6) is 2.46. The normalized spacial score (nSPS) is 28.8. The van der Waals surface area contributed by atoms with Gasteiger partial charge in [0.2, 0.25) is 0 Å². The molecule has 0 bridgehead atoms. The molecule has 2 unspecified atom stereocenters. The van der Waals surface area contributed by atoms with Crippen LogP contribution < -0.4 is 5.73 Å². The molecule has 1 spiro atoms. The lowest BCUT2D eigenvalue weighted by Gasteiger charge is -2.35. The van der Waals surface area contributed by atoms with Gasteiger partial charge in [-0.05, 0) is 54.7 Å². The van der Waals surface area contributed by atoms with Crippen LogP contribution in [0.5, 0.6) is 0 Å². The fourth-order valence-corrected chi connectivity index (χ4v) is 3.45. The Balaban J connectivity index is 2.01. The van der Waals surface area contributed by atoms with Crippen molar-refractivity contribution in [3.8, 4) is 0 Å². The molecule has 0 aliphatic heterocycles. The summed E-state index contributed by atoms with van der Waals surface area (Å²) in [6, 6.07) is 2.17. The molecule has 0 aromatic carbocycles. The van der Waals surface area contributed by atoms with E-state index in [4.69, 9.17) is 10.2 Å². The van der Waals surface area contributed by atoms with Gasteiger partial charge in [0.05, 0.1) is 6.26 Å². The lowest BCUT2D eigenvalue weighted by molar-refractivity contribution is 0.259. The molecular weight excluding hydrogens is 186 g/mol. The molecule has 2 nitrogen and oxygen atoms in total. The zero-order valence-corrected chi connectivity index (χ0v) is 9.33. The maximum Gasteiger partial charge on any atom is 0.107 e. The molecule has 1 aromatic rings. The van der Waals surface area contributed by atoms with Crippen molar-refractivity contribution in [1.29, 1.82) is 0 Å². The van der Waals surface area contributed by atoms with Crippen LogP contribution in [0.3, 0.4) is 0 Å². The van der Waals surface area contributed by atoms with Gasteiger partial charge in [-0.1, -0.05) is 6.92 Å². The second-order valence-electron chi connectivity index (χ2n) is 5.35. The van der Waals surface area contributed by atoms with Gasteiger partial charge >= 0.3 is 0 Å². The SMILES string of the molecule is CC(CN)C1c2ccoc2CCC12CC2. The van der Waals surface area contributed by atoms with Crippen molar-refractivity contribution in [2.24, 2.45) is 17.1 Å². The Morgan fingerprint density at radius 3 is 3.00 bits per heavy atom. The van der Waals surface area contributed by atoms with Crippen molar-refractivity contribution >= 4 is 0 Å². The Bertz CT molecular complexity index is 364. The Morgan fingerprint density at radius 2 is 2.33 bits per heavy atom. The average molecular weight is 205 g/mol. The van der Waals surface area contributed by atoms with Crippen LogP contribution >= 0.6 is 0 Å². The van der Waals surface area contributed by atoms with E-state index in [-0.39, 0.29) is 0 Å². The van der Waals surface area contributed by atoms with Gasteiger partial charge in [-0.2, -0.15) is 0 Å². The van der Waals surface area contributed by atoms with Crippen LogP contribution in [0.2, 0.25) is 0 Å². The van der Waals surface area contributed by atoms with Crippen molar-refractivity contribution in [1.82, 2.24) is 0 Å². The second kappa shape index (κ2) is 3.11. The van der Waals surface area contributed by atoms with Gasteiger partial charge in [0.25, 0.3) is 0 Å². The smallest absolute Gasteiger partial charge is 0.107 e. The lowest BCUT2D eigenvalue weighted by Crippen LogP contribution is -2.30. The molecule has 0 saturated heterocycles. The van der Waals surface area contributed by atoms with Crippen molar-refractivity contribution in [2.45, 2.75) is 38.5 Å². The Morgan fingerprint density at radius 1 is 1.53 bits per heavy atom. The average Bonchev–Trinajstić information content (AvgIpc) is 2.85. The zero-order chi connectivity index (χ0) is 10.5. The number of furan rings is 1. The Hall–Kier alpha value is -0.760. The van der Waals surface area contributed by atoms with Gasteiger partial charge in [0, 0.05) is 6.42 Å². The van der Waals surface area contributed by atoms with Gasteiger partial charge in [0.1, 0.15) is 5.76 Å². The van der Waals surface area contributed by atoms with Crippen LogP contribution in [0.4, 0.5) is 0 Å². The second-order valence-corrected chi connectivity index (χ2v) is 5.35. The monoisotopic (exact) mass is 205 g/mol. The number of nitrogens with two attached hydrogens (primary N) is 1. The van der Waals surface area contributed by atoms with E-state index in [9.17, 15) is 0 Å². The van der Waals surface area contributed by atoms with Crippen LogP contribution in [0.15, 0.2) is 16.7 Å². The standard InChI is InChI=1S/C13H19NO/c1-9(8-14)12-10-3-7-15-11(10)2-4-13(12)5-6-13/h3,7,9,12H,2,4-6,8,14H2,1H3. The van der Waals surface area contributed by atoms with Crippen molar-refractivity contribution in [3.63, 3.8) is 0 Å². The van der Waals surface area contributed by atoms with E-state index in [1.54, 1.807) is 0 Å². The number of rotatable bonds is 2. The molecular formula is C13H19NO. The van der Waals surface area contributed by atoms with Gasteiger partial charge in [0.15, 0.2) is 0 Å². The van der Waals surface area contributed by atoms with Gasteiger partial charge in [-0.25, -0.2) is 0 Å². The van der Waals surface area contributed by atoms with Crippen LogP contribution in [0.25, 0.3) is 0 Å². The first-order chi connectivity index (χ1) is 7.27. The molecule has 3 rings (SSSR count). The fraction of sp³-hybridized carbons (Fsp3) is 0.692. The third-order valence-electron chi connectivity index (χ3n) is 4.46. The van der Waals surface area contributed by atoms with Crippen LogP contribution in [0.1, 0.15) is 43.4 Å². The third kappa shape index (κ3) is 1.27. The summed E-state index contributed by atoms with van der Waals surface area (Å²) < 4.78 is 5.56. The summed E-state index contributed by atoms with van der Waals surface area (Å²) in [4.78, 5) is 0. The van der Waals surface area contributed by atoms with E-state index >= 15 is 0 Å². The largest absolute Gasteiger partial charge is 0.469 e. The summed E-state index contributed by atoms with van der Waals surface area (Å²) in [5.41, 5.74) is 7.90. The molecule has 1 fully saturated rings. The maximum atomic E-state index is 5.85. The van der Waals surface area contributed by atoms with Crippen LogP contribution in [-0.2, 0) is 6.42 Å². The summed E-state index contributed by atoms with van der Waals surface area (Å²) in [5, 5.41) is 0. The van der Waals surface area contributed by atoms with Crippen LogP contribution in [0, 0.1) is 11.3 Å². The number of aryl methyl sites for hydroxylation is 1. The maximum absolute atomic E-state index is 5.85. The molecule has 2 aliphatic carbocycles. The van der Waals surface area contributed by atoms with Crippen LogP contribution in [-0.4, -0.2) is 6.54 Å².